The van der Waals surface area contributed by atoms with Crippen molar-refractivity contribution < 1.29 is 9.59 Å². The summed E-state index contributed by atoms with van der Waals surface area (Å²) in [4.78, 5) is 27.4. The van der Waals surface area contributed by atoms with Gasteiger partial charge in [0.15, 0.2) is 0 Å². The lowest BCUT2D eigenvalue weighted by Gasteiger charge is -2.25. The van der Waals surface area contributed by atoms with Gasteiger partial charge in [-0.15, -0.1) is 0 Å². The van der Waals surface area contributed by atoms with Crippen molar-refractivity contribution in [3.05, 3.63) is 30.3 Å². The van der Waals surface area contributed by atoms with Crippen LogP contribution in [0.4, 0.5) is 5.69 Å². The van der Waals surface area contributed by atoms with Crippen molar-refractivity contribution in [2.24, 2.45) is 5.73 Å². The van der Waals surface area contributed by atoms with Gasteiger partial charge in [0.05, 0.1) is 6.04 Å². The quantitative estimate of drug-likeness (QED) is 0.866. The molecule has 0 saturated carbocycles. The number of likely N-dealkylation sites (N-methyl/N-ethyl adjacent to an activating group) is 1. The number of carbonyl (C=O) groups is 2. The Labute approximate surface area is 113 Å². The van der Waals surface area contributed by atoms with Crippen LogP contribution in [0.25, 0.3) is 0 Å². The molecule has 2 N–H and O–H groups in total. The van der Waals surface area contributed by atoms with Gasteiger partial charge in [0, 0.05) is 19.3 Å². The van der Waals surface area contributed by atoms with Crippen molar-refractivity contribution in [2.45, 2.75) is 25.4 Å². The molecule has 102 valence electrons. The highest BCUT2D eigenvalue weighted by Gasteiger charge is 2.37. The molecular weight excluding hydrogens is 242 g/mol. The fourth-order valence-electron chi connectivity index (χ4n) is 2.36. The lowest BCUT2D eigenvalue weighted by Crippen LogP contribution is -2.48. The van der Waals surface area contributed by atoms with Crippen molar-refractivity contribution in [1.82, 2.24) is 4.90 Å². The first-order valence-corrected chi connectivity index (χ1v) is 6.41. The van der Waals surface area contributed by atoms with Gasteiger partial charge in [0.25, 0.3) is 0 Å². The van der Waals surface area contributed by atoms with Crippen LogP contribution in [-0.4, -0.2) is 42.4 Å². The van der Waals surface area contributed by atoms with Crippen molar-refractivity contribution in [2.75, 3.05) is 18.5 Å². The van der Waals surface area contributed by atoms with E-state index in [4.69, 9.17) is 5.73 Å². The molecule has 1 aliphatic rings. The molecule has 0 aromatic heterocycles. The van der Waals surface area contributed by atoms with Gasteiger partial charge in [0.2, 0.25) is 11.8 Å². The number of nitrogens with zero attached hydrogens (tertiary/aromatic N) is 2. The van der Waals surface area contributed by atoms with Crippen LogP contribution in [0.2, 0.25) is 0 Å². The Balaban J connectivity index is 2.12. The Bertz CT molecular complexity index is 473. The Morgan fingerprint density at radius 3 is 2.63 bits per heavy atom. The van der Waals surface area contributed by atoms with Crippen molar-refractivity contribution in [1.29, 1.82) is 0 Å². The van der Waals surface area contributed by atoms with Crippen molar-refractivity contribution >= 4 is 17.5 Å². The Morgan fingerprint density at radius 1 is 1.42 bits per heavy atom. The fourth-order valence-corrected chi connectivity index (χ4v) is 2.36. The minimum atomic E-state index is -0.580. The maximum atomic E-state index is 12.4. The lowest BCUT2D eigenvalue weighted by molar-refractivity contribution is -0.137. The lowest BCUT2D eigenvalue weighted by atomic mass is 10.2. The third-order valence-electron chi connectivity index (χ3n) is 3.45. The van der Waals surface area contributed by atoms with Gasteiger partial charge in [-0.25, -0.2) is 0 Å². The maximum Gasteiger partial charge on any atom is 0.249 e. The summed E-state index contributed by atoms with van der Waals surface area (Å²) >= 11 is 0. The number of benzene rings is 1. The van der Waals surface area contributed by atoms with Crippen LogP contribution in [-0.2, 0) is 9.59 Å². The van der Waals surface area contributed by atoms with Gasteiger partial charge in [-0.05, 0) is 25.5 Å². The van der Waals surface area contributed by atoms with E-state index >= 15 is 0 Å². The number of hydrogen-bond acceptors (Lipinski definition) is 3. The van der Waals surface area contributed by atoms with Gasteiger partial charge < -0.3 is 15.5 Å². The summed E-state index contributed by atoms with van der Waals surface area (Å²) in [6.45, 7) is 2.26. The number of rotatable bonds is 3. The van der Waals surface area contributed by atoms with Crippen LogP contribution in [0.15, 0.2) is 30.3 Å². The molecule has 0 aliphatic carbocycles. The summed E-state index contributed by atoms with van der Waals surface area (Å²) in [5, 5.41) is 0. The molecule has 1 aromatic carbocycles. The summed E-state index contributed by atoms with van der Waals surface area (Å²) in [5.41, 5.74) is 6.45. The molecule has 19 heavy (non-hydrogen) atoms. The number of amides is 2. The summed E-state index contributed by atoms with van der Waals surface area (Å²) in [5.74, 6) is -0.240. The zero-order chi connectivity index (χ0) is 14.0. The Kier molecular flexibility index (Phi) is 3.85. The summed E-state index contributed by atoms with van der Waals surface area (Å²) in [6.07, 6.45) is 0.642. The predicted molar refractivity (Wildman–Crippen MR) is 73.6 cm³/mol. The topological polar surface area (TPSA) is 66.6 Å². The van der Waals surface area contributed by atoms with E-state index in [-0.39, 0.29) is 11.8 Å². The summed E-state index contributed by atoms with van der Waals surface area (Å²) < 4.78 is 0. The number of hydrogen-bond donors (Lipinski definition) is 1. The van der Waals surface area contributed by atoms with E-state index in [1.54, 1.807) is 18.9 Å². The van der Waals surface area contributed by atoms with Crippen LogP contribution >= 0.6 is 0 Å². The van der Waals surface area contributed by atoms with Crippen LogP contribution in [0, 0.1) is 0 Å². The van der Waals surface area contributed by atoms with E-state index in [0.29, 0.717) is 13.0 Å². The third-order valence-corrected chi connectivity index (χ3v) is 3.45. The second kappa shape index (κ2) is 5.40. The second-order valence-electron chi connectivity index (χ2n) is 4.87. The van der Waals surface area contributed by atoms with Gasteiger partial charge in [-0.1, -0.05) is 18.2 Å². The highest BCUT2D eigenvalue weighted by atomic mass is 16.2. The molecule has 0 bridgehead atoms. The predicted octanol–water partition coefficient (Wildman–Crippen LogP) is 0.598. The van der Waals surface area contributed by atoms with E-state index in [0.717, 1.165) is 5.69 Å². The van der Waals surface area contributed by atoms with E-state index in [9.17, 15) is 9.59 Å². The first-order valence-electron chi connectivity index (χ1n) is 6.41. The summed E-state index contributed by atoms with van der Waals surface area (Å²) in [6, 6.07) is 8.51. The van der Waals surface area contributed by atoms with Crippen LogP contribution < -0.4 is 10.6 Å². The third kappa shape index (κ3) is 2.61. The Morgan fingerprint density at radius 2 is 2.05 bits per heavy atom. The molecule has 5 nitrogen and oxygen atoms in total. The average Bonchev–Trinajstić information content (AvgIpc) is 2.79. The fraction of sp³-hybridized carbons (Fsp3) is 0.429. The molecule has 1 heterocycles. The first kappa shape index (κ1) is 13.5. The van der Waals surface area contributed by atoms with Crippen molar-refractivity contribution in [3.8, 4) is 0 Å². The molecule has 2 amide bonds. The van der Waals surface area contributed by atoms with E-state index in [2.05, 4.69) is 0 Å². The molecule has 1 unspecified atom stereocenters. The Hall–Kier alpha value is -1.88. The normalized spacial score (nSPS) is 20.5. The zero-order valence-corrected chi connectivity index (χ0v) is 11.2. The largest absolute Gasteiger partial charge is 0.332 e. The van der Waals surface area contributed by atoms with Gasteiger partial charge in [-0.3, -0.25) is 9.59 Å². The maximum absolute atomic E-state index is 12.4. The standard InChI is InChI=1S/C14H19N3O2/c1-10(15)13(18)16(2)12-8-9-17(14(12)19)11-6-4-3-5-7-11/h3-7,10,12H,8-9,15H2,1-2H3/t10-,12?/m1/s1. The minimum absolute atomic E-state index is 0.0392. The van der Waals surface area contributed by atoms with Crippen LogP contribution in [0.3, 0.4) is 0 Å². The van der Waals surface area contributed by atoms with Gasteiger partial charge in [-0.2, -0.15) is 0 Å². The highest BCUT2D eigenvalue weighted by molar-refractivity contribution is 6.01. The average molecular weight is 261 g/mol. The van der Waals surface area contributed by atoms with Gasteiger partial charge in [0.1, 0.15) is 6.04 Å². The molecule has 0 spiro atoms. The smallest absolute Gasteiger partial charge is 0.249 e. The van der Waals surface area contributed by atoms with E-state index in [1.165, 1.54) is 4.90 Å². The molecule has 1 aliphatic heterocycles. The zero-order valence-electron chi connectivity index (χ0n) is 11.2. The molecule has 0 radical (unpaired) electrons. The van der Waals surface area contributed by atoms with E-state index < -0.39 is 12.1 Å². The molecule has 5 heteroatoms. The number of para-hydroxylation sites is 1. The first-order chi connectivity index (χ1) is 9.02. The summed E-state index contributed by atoms with van der Waals surface area (Å²) in [7, 11) is 1.64. The molecule has 2 atom stereocenters. The molecule has 1 saturated heterocycles. The number of anilines is 1. The molecule has 1 aromatic rings. The van der Waals surface area contributed by atoms with Crippen molar-refractivity contribution in [3.63, 3.8) is 0 Å². The van der Waals surface area contributed by atoms with Gasteiger partial charge >= 0.3 is 0 Å². The van der Waals surface area contributed by atoms with Crippen LogP contribution in [0.1, 0.15) is 13.3 Å². The number of nitrogens with two attached hydrogens (primary N) is 1. The molecule has 1 fully saturated rings. The number of carbonyl (C=O) groups excluding carboxylic acids is 2. The minimum Gasteiger partial charge on any atom is -0.332 e. The monoisotopic (exact) mass is 261 g/mol. The second-order valence-corrected chi connectivity index (χ2v) is 4.87. The molecule has 2 rings (SSSR count). The SMILES string of the molecule is C[C@@H](N)C(=O)N(C)C1CCN(c2ccccc2)C1=O. The van der Waals surface area contributed by atoms with E-state index in [1.807, 2.05) is 30.3 Å². The highest BCUT2D eigenvalue weighted by Crippen LogP contribution is 2.23. The molecular formula is C14H19N3O2. The van der Waals surface area contributed by atoms with Crippen LogP contribution in [0.5, 0.6) is 0 Å².